The third-order valence-electron chi connectivity index (χ3n) is 7.47. The molecule has 11 heteroatoms. The summed E-state index contributed by atoms with van der Waals surface area (Å²) >= 11 is 0. The number of aromatic nitrogens is 3. The minimum absolute atomic E-state index is 0.0174. The predicted octanol–water partition coefficient (Wildman–Crippen LogP) is 4.86. The molecule has 1 fully saturated rings. The summed E-state index contributed by atoms with van der Waals surface area (Å²) in [6.45, 7) is 17.3. The van der Waals surface area contributed by atoms with Gasteiger partial charge >= 0.3 is 0 Å². The van der Waals surface area contributed by atoms with E-state index in [1.54, 1.807) is 6.07 Å². The fraction of sp³-hybridized carbons (Fsp3) is 0.467. The molecule has 5 rings (SSSR count). The molecule has 1 aromatic carbocycles. The van der Waals surface area contributed by atoms with Gasteiger partial charge in [0.1, 0.15) is 17.2 Å². The Balaban J connectivity index is 1.37. The summed E-state index contributed by atoms with van der Waals surface area (Å²) in [5.74, 6) is -0.518. The molecule has 1 unspecified atom stereocenters. The standard InChI is InChI=1S/C30H38F2N8O/c1-6-40(30(2,3)4)25-14-20(13-22(31)28(25)33-5)27-23(32)16-35-29(38-27)37-26-8-7-19-17-39(11-9-24(19)36-26)18-21-15-34-10-12-41-21/h7-8,13-14,16,21,34H,5-6,9-12,15,17-18H2,1-4H3,(H,35,36,37,38). The number of hydrogen-bond donors (Lipinski definition) is 2. The van der Waals surface area contributed by atoms with Crippen LogP contribution in [0.5, 0.6) is 0 Å². The van der Waals surface area contributed by atoms with Gasteiger partial charge in [-0.2, -0.15) is 0 Å². The van der Waals surface area contributed by atoms with Crippen molar-refractivity contribution in [1.82, 2.24) is 25.2 Å². The summed E-state index contributed by atoms with van der Waals surface area (Å²) < 4.78 is 36.1. The SMILES string of the molecule is C=Nc1c(F)cc(-c2nc(Nc3ccc4c(n3)CCN(CC3CNCCO3)C4)ncc2F)cc1N(CC)C(C)(C)C. The zero-order valence-electron chi connectivity index (χ0n) is 24.2. The van der Waals surface area contributed by atoms with Crippen molar-refractivity contribution in [3.63, 3.8) is 0 Å². The number of anilines is 3. The minimum Gasteiger partial charge on any atom is -0.374 e. The minimum atomic E-state index is -0.658. The van der Waals surface area contributed by atoms with E-state index in [9.17, 15) is 0 Å². The van der Waals surface area contributed by atoms with Crippen LogP contribution < -0.4 is 15.5 Å². The number of hydrogen-bond acceptors (Lipinski definition) is 9. The highest BCUT2D eigenvalue weighted by Crippen LogP contribution is 2.39. The first-order chi connectivity index (χ1) is 19.7. The van der Waals surface area contributed by atoms with Crippen molar-refractivity contribution >= 4 is 29.9 Å². The number of aliphatic imine (C=N–C) groups is 1. The van der Waals surface area contributed by atoms with Gasteiger partial charge in [-0.15, -0.1) is 0 Å². The van der Waals surface area contributed by atoms with Crippen LogP contribution in [0.25, 0.3) is 11.3 Å². The number of nitrogens with one attached hydrogen (secondary N) is 2. The first kappa shape index (κ1) is 29.0. The number of benzene rings is 1. The van der Waals surface area contributed by atoms with E-state index in [2.05, 4.69) is 43.3 Å². The van der Waals surface area contributed by atoms with E-state index in [4.69, 9.17) is 9.72 Å². The fourth-order valence-electron chi connectivity index (χ4n) is 5.56. The lowest BCUT2D eigenvalue weighted by molar-refractivity contribution is 0.00289. The van der Waals surface area contributed by atoms with Crippen molar-refractivity contribution in [2.45, 2.75) is 52.3 Å². The quantitative estimate of drug-likeness (QED) is 0.375. The third kappa shape index (κ3) is 6.52. The van der Waals surface area contributed by atoms with Crippen molar-refractivity contribution in [3.05, 3.63) is 53.4 Å². The molecule has 9 nitrogen and oxygen atoms in total. The topological polar surface area (TPSA) is 90.8 Å². The van der Waals surface area contributed by atoms with Crippen LogP contribution in [0.1, 0.15) is 39.0 Å². The molecule has 0 amide bonds. The summed E-state index contributed by atoms with van der Waals surface area (Å²) in [7, 11) is 0. The molecule has 2 aromatic heterocycles. The first-order valence-electron chi connectivity index (χ1n) is 14.1. The molecule has 2 N–H and O–H groups in total. The smallest absolute Gasteiger partial charge is 0.229 e. The normalized spacial score (nSPS) is 17.7. The zero-order valence-corrected chi connectivity index (χ0v) is 24.2. The second-order valence-electron chi connectivity index (χ2n) is 11.4. The lowest BCUT2D eigenvalue weighted by Crippen LogP contribution is -2.46. The Hall–Kier alpha value is -3.54. The summed E-state index contributed by atoms with van der Waals surface area (Å²) in [6, 6.07) is 6.86. The van der Waals surface area contributed by atoms with Gasteiger partial charge in [-0.1, -0.05) is 6.07 Å². The van der Waals surface area contributed by atoms with Gasteiger partial charge in [-0.25, -0.2) is 23.7 Å². The number of pyridine rings is 1. The van der Waals surface area contributed by atoms with Gasteiger partial charge in [0.25, 0.3) is 0 Å². The number of nitrogens with zero attached hydrogens (tertiary/aromatic N) is 6. The van der Waals surface area contributed by atoms with Gasteiger partial charge in [-0.05, 0) is 58.2 Å². The van der Waals surface area contributed by atoms with E-state index in [-0.39, 0.29) is 34.5 Å². The van der Waals surface area contributed by atoms with Gasteiger partial charge in [0.15, 0.2) is 11.6 Å². The molecular formula is C30H38F2N8O. The van der Waals surface area contributed by atoms with Gasteiger partial charge in [-0.3, -0.25) is 9.89 Å². The van der Waals surface area contributed by atoms with Crippen LogP contribution in [0.3, 0.4) is 0 Å². The zero-order chi connectivity index (χ0) is 29.1. The number of halogens is 2. The van der Waals surface area contributed by atoms with Crippen LogP contribution >= 0.6 is 0 Å². The van der Waals surface area contributed by atoms with Crippen molar-refractivity contribution in [3.8, 4) is 11.3 Å². The molecule has 2 aliphatic rings. The second kappa shape index (κ2) is 12.1. The molecular weight excluding hydrogens is 526 g/mol. The molecule has 41 heavy (non-hydrogen) atoms. The van der Waals surface area contributed by atoms with E-state index >= 15 is 8.78 Å². The van der Waals surface area contributed by atoms with Crippen molar-refractivity contribution in [2.75, 3.05) is 49.5 Å². The maximum Gasteiger partial charge on any atom is 0.229 e. The van der Waals surface area contributed by atoms with E-state index in [1.807, 2.05) is 38.7 Å². The van der Waals surface area contributed by atoms with Crippen molar-refractivity contribution < 1.29 is 13.5 Å². The molecule has 1 atom stereocenters. The summed E-state index contributed by atoms with van der Waals surface area (Å²) in [5, 5.41) is 6.48. The average Bonchev–Trinajstić information content (AvgIpc) is 2.94. The Morgan fingerprint density at radius 3 is 2.76 bits per heavy atom. The molecule has 0 radical (unpaired) electrons. The van der Waals surface area contributed by atoms with Gasteiger partial charge in [0, 0.05) is 62.5 Å². The average molecular weight is 565 g/mol. The molecule has 0 aliphatic carbocycles. The predicted molar refractivity (Wildman–Crippen MR) is 158 cm³/mol. The van der Waals surface area contributed by atoms with E-state index < -0.39 is 11.6 Å². The highest BCUT2D eigenvalue weighted by atomic mass is 19.1. The highest BCUT2D eigenvalue weighted by molar-refractivity contribution is 5.78. The molecule has 0 bridgehead atoms. The maximum atomic E-state index is 15.2. The number of rotatable bonds is 8. The molecule has 0 spiro atoms. The van der Waals surface area contributed by atoms with E-state index in [0.717, 1.165) is 57.6 Å². The first-order valence-corrected chi connectivity index (χ1v) is 14.1. The lowest BCUT2D eigenvalue weighted by Gasteiger charge is -2.37. The Kier molecular flexibility index (Phi) is 8.58. The van der Waals surface area contributed by atoms with Crippen molar-refractivity contribution in [2.24, 2.45) is 4.99 Å². The Labute approximate surface area is 240 Å². The number of fused-ring (bicyclic) bond motifs is 1. The lowest BCUT2D eigenvalue weighted by atomic mass is 10.0. The van der Waals surface area contributed by atoms with Gasteiger partial charge in [0.2, 0.25) is 5.95 Å². The highest BCUT2D eigenvalue weighted by Gasteiger charge is 2.26. The molecule has 0 saturated carbocycles. The number of morpholine rings is 1. The monoisotopic (exact) mass is 564 g/mol. The molecule has 2 aliphatic heterocycles. The van der Waals surface area contributed by atoms with E-state index in [1.165, 1.54) is 11.6 Å². The molecule has 3 aromatic rings. The summed E-state index contributed by atoms with van der Waals surface area (Å²) in [5.41, 5.74) is 2.77. The molecule has 4 heterocycles. The Morgan fingerprint density at radius 2 is 2.05 bits per heavy atom. The third-order valence-corrected chi connectivity index (χ3v) is 7.47. The summed E-state index contributed by atoms with van der Waals surface area (Å²) in [6.07, 6.45) is 2.10. The van der Waals surface area contributed by atoms with Crippen LogP contribution in [-0.4, -0.2) is 77.5 Å². The summed E-state index contributed by atoms with van der Waals surface area (Å²) in [4.78, 5) is 21.6. The van der Waals surface area contributed by atoms with Gasteiger partial charge in [0.05, 0.1) is 24.6 Å². The Morgan fingerprint density at radius 1 is 1.22 bits per heavy atom. The van der Waals surface area contributed by atoms with E-state index in [0.29, 0.717) is 18.1 Å². The fourth-order valence-corrected chi connectivity index (χ4v) is 5.56. The van der Waals surface area contributed by atoms with Crippen molar-refractivity contribution in [1.29, 1.82) is 0 Å². The van der Waals surface area contributed by atoms with Crippen LogP contribution in [0, 0.1) is 11.6 Å². The molecule has 218 valence electrons. The Bertz CT molecular complexity index is 1400. The van der Waals surface area contributed by atoms with Gasteiger partial charge < -0.3 is 20.3 Å². The molecule has 1 saturated heterocycles. The maximum absolute atomic E-state index is 15.2. The van der Waals surface area contributed by atoms with Crippen LogP contribution in [0.2, 0.25) is 0 Å². The second-order valence-corrected chi connectivity index (χ2v) is 11.4. The van der Waals surface area contributed by atoms with Crippen LogP contribution in [0.15, 0.2) is 35.5 Å². The number of ether oxygens (including phenoxy) is 1. The van der Waals surface area contributed by atoms with Crippen LogP contribution in [-0.2, 0) is 17.7 Å². The van der Waals surface area contributed by atoms with Crippen LogP contribution in [0.4, 0.5) is 31.9 Å². The largest absolute Gasteiger partial charge is 0.374 e.